The number of benzene rings is 4. The molecule has 0 saturated heterocycles. The molecule has 0 amide bonds. The van der Waals surface area contributed by atoms with Crippen molar-refractivity contribution in [2.24, 2.45) is 5.92 Å². The van der Waals surface area contributed by atoms with Gasteiger partial charge in [0.2, 0.25) is 0 Å². The Morgan fingerprint density at radius 1 is 0.875 bits per heavy atom. The molecule has 6 heteroatoms. The zero-order valence-electron chi connectivity index (χ0n) is 30.7. The summed E-state index contributed by atoms with van der Waals surface area (Å²) in [5, 5.41) is 2.62. The van der Waals surface area contributed by atoms with Crippen molar-refractivity contribution in [3.63, 3.8) is 0 Å². The molecule has 0 saturated carbocycles. The van der Waals surface area contributed by atoms with Crippen LogP contribution in [-0.2, 0) is 26.5 Å². The van der Waals surface area contributed by atoms with Crippen molar-refractivity contribution in [1.29, 1.82) is 0 Å². The number of hydrogen-bond donors (Lipinski definition) is 0. The molecule has 7 aromatic rings. The summed E-state index contributed by atoms with van der Waals surface area (Å²) in [6, 6.07) is 35.9. The molecule has 48 heavy (non-hydrogen) atoms. The SMILES string of the molecule is C[Si](C)(C)c1ccc(-c2[c-]cccc2)nc1.[2H]C([2H])([2H])c1c[c-]c(-c2cc(CC(C)C)ccn2)c2oc3c(-c4ccc(F)cc4)cccc3c12.[Ir]. The molecule has 3 aromatic heterocycles. The number of aryl methyl sites for hydroxylation is 1. The number of rotatable bonds is 6. The van der Waals surface area contributed by atoms with E-state index in [9.17, 15) is 4.39 Å². The van der Waals surface area contributed by atoms with Crippen LogP contribution in [0.1, 0.15) is 29.1 Å². The Morgan fingerprint density at radius 2 is 1.69 bits per heavy atom. The van der Waals surface area contributed by atoms with Gasteiger partial charge in [-0.2, -0.15) is 0 Å². The molecule has 1 radical (unpaired) electrons. The average molecular weight is 830 g/mol. The van der Waals surface area contributed by atoms with Crippen molar-refractivity contribution in [1.82, 2.24) is 9.97 Å². The Morgan fingerprint density at radius 3 is 2.35 bits per heavy atom. The first-order valence-electron chi connectivity index (χ1n) is 17.3. The van der Waals surface area contributed by atoms with Crippen LogP contribution < -0.4 is 5.19 Å². The van der Waals surface area contributed by atoms with Crippen LogP contribution in [0.4, 0.5) is 4.39 Å². The minimum atomic E-state index is -2.34. The molecule has 0 N–H and O–H groups in total. The molecule has 0 aliphatic rings. The molecule has 0 unspecified atom stereocenters. The number of nitrogens with zero attached hydrogens (tertiary/aromatic N) is 2. The van der Waals surface area contributed by atoms with E-state index in [1.165, 1.54) is 23.4 Å². The van der Waals surface area contributed by atoms with Gasteiger partial charge in [-0.05, 0) is 52.7 Å². The summed E-state index contributed by atoms with van der Waals surface area (Å²) in [5.41, 5.74) is 7.22. The van der Waals surface area contributed by atoms with Gasteiger partial charge in [-0.1, -0.05) is 105 Å². The van der Waals surface area contributed by atoms with Gasteiger partial charge in [-0.15, -0.1) is 53.6 Å². The van der Waals surface area contributed by atoms with E-state index in [4.69, 9.17) is 8.53 Å². The van der Waals surface area contributed by atoms with Gasteiger partial charge in [0.1, 0.15) is 11.4 Å². The van der Waals surface area contributed by atoms with Crippen molar-refractivity contribution in [2.75, 3.05) is 0 Å². The molecule has 3 heterocycles. The zero-order chi connectivity index (χ0) is 35.6. The first-order chi connectivity index (χ1) is 23.8. The first kappa shape index (κ1) is 31.1. The Labute approximate surface area is 301 Å². The molecule has 0 fully saturated rings. The second-order valence-electron chi connectivity index (χ2n) is 13.2. The van der Waals surface area contributed by atoms with E-state index in [-0.39, 0.29) is 31.5 Å². The van der Waals surface area contributed by atoms with Gasteiger partial charge in [-0.25, -0.2) is 4.39 Å². The maximum atomic E-state index is 13.5. The molecule has 0 aliphatic carbocycles. The number of halogens is 1. The summed E-state index contributed by atoms with van der Waals surface area (Å²) < 4.78 is 44.3. The van der Waals surface area contributed by atoms with Crippen molar-refractivity contribution in [3.05, 3.63) is 139 Å². The molecular weight excluding hydrogens is 788 g/mol. The van der Waals surface area contributed by atoms with Gasteiger partial charge >= 0.3 is 0 Å². The van der Waals surface area contributed by atoms with E-state index in [2.05, 4.69) is 67.7 Å². The van der Waals surface area contributed by atoms with Gasteiger partial charge in [0.15, 0.2) is 0 Å². The molecule has 3 nitrogen and oxygen atoms in total. The molecule has 0 bridgehead atoms. The Bertz CT molecular complexity index is 2250. The number of pyridine rings is 2. The second-order valence-corrected chi connectivity index (χ2v) is 18.3. The third kappa shape index (κ3) is 7.73. The van der Waals surface area contributed by atoms with E-state index in [1.807, 2.05) is 60.8 Å². The van der Waals surface area contributed by atoms with Gasteiger partial charge in [0.05, 0.1) is 13.7 Å². The van der Waals surface area contributed by atoms with E-state index >= 15 is 0 Å². The van der Waals surface area contributed by atoms with Crippen molar-refractivity contribution in [2.45, 2.75) is 46.8 Å². The summed E-state index contributed by atoms with van der Waals surface area (Å²) in [6.45, 7) is 8.97. The topological polar surface area (TPSA) is 38.9 Å². The fraction of sp³-hybridized carbons (Fsp3) is 0.190. The Hall–Kier alpha value is -4.22. The molecular formula is C42H39FIrN2OSi-2. The predicted molar refractivity (Wildman–Crippen MR) is 196 cm³/mol. The van der Waals surface area contributed by atoms with Crippen molar-refractivity contribution in [3.8, 4) is 33.6 Å². The first-order valence-corrected chi connectivity index (χ1v) is 19.3. The Balaban J connectivity index is 0.000000249. The van der Waals surface area contributed by atoms with Gasteiger partial charge in [0.25, 0.3) is 0 Å². The maximum absolute atomic E-state index is 13.5. The van der Waals surface area contributed by atoms with Crippen molar-refractivity contribution < 1.29 is 33.0 Å². The minimum absolute atomic E-state index is 0. The molecule has 4 aromatic carbocycles. The van der Waals surface area contributed by atoms with Crippen LogP contribution in [0.5, 0.6) is 0 Å². The summed E-state index contributed by atoms with van der Waals surface area (Å²) in [7, 11) is -1.23. The summed E-state index contributed by atoms with van der Waals surface area (Å²) >= 11 is 0. The van der Waals surface area contributed by atoms with E-state index in [0.29, 0.717) is 39.1 Å². The fourth-order valence-corrected chi connectivity index (χ4v) is 6.69. The maximum Gasteiger partial charge on any atom is 0.128 e. The fourth-order valence-electron chi connectivity index (χ4n) is 5.65. The van der Waals surface area contributed by atoms with E-state index < -0.39 is 14.9 Å². The van der Waals surface area contributed by atoms with Gasteiger partial charge in [0, 0.05) is 47.6 Å². The number of para-hydroxylation sites is 1. The zero-order valence-corrected chi connectivity index (χ0v) is 31.1. The molecule has 0 spiro atoms. The molecule has 0 aliphatic heterocycles. The monoisotopic (exact) mass is 830 g/mol. The summed E-state index contributed by atoms with van der Waals surface area (Å²) in [4.78, 5) is 9.06. The number of fused-ring (bicyclic) bond motifs is 3. The minimum Gasteiger partial charge on any atom is -0.500 e. The third-order valence-corrected chi connectivity index (χ3v) is 10.1. The van der Waals surface area contributed by atoms with Crippen LogP contribution >= 0.6 is 0 Å². The summed E-state index contributed by atoms with van der Waals surface area (Å²) in [5.74, 6) is 0.163. The molecule has 245 valence electrons. The van der Waals surface area contributed by atoms with Crippen LogP contribution in [0.15, 0.2) is 114 Å². The average Bonchev–Trinajstić information content (AvgIpc) is 3.48. The standard InChI is InChI=1S/C28H23FNO.C14H16NSi.Ir/c1-17(2)15-19-13-14-30-25(16-19)23-12-7-18(3)26-24-6-4-5-22(27(24)31-28(23)26)20-8-10-21(29)11-9-20;1-16(2,3)13-9-10-14(15-11-13)12-7-5-4-6-8-12;/h4-11,13-14,16-17H,15H2,1-3H3;4-7,9-11H,1-3H3;/q2*-1;/i3D3;;. The Kier molecular flexibility index (Phi) is 9.65. The summed E-state index contributed by atoms with van der Waals surface area (Å²) in [6.07, 6.45) is 4.68. The molecule has 7 rings (SSSR count). The number of aromatic nitrogens is 2. The normalized spacial score (nSPS) is 12.5. The van der Waals surface area contributed by atoms with Crippen LogP contribution in [0.3, 0.4) is 0 Å². The van der Waals surface area contributed by atoms with Crippen LogP contribution in [0.25, 0.3) is 55.6 Å². The second kappa shape index (κ2) is 14.9. The van der Waals surface area contributed by atoms with Gasteiger partial charge in [-0.3, -0.25) is 0 Å². The smallest absolute Gasteiger partial charge is 0.128 e. The van der Waals surface area contributed by atoms with Crippen LogP contribution in [-0.4, -0.2) is 18.0 Å². The predicted octanol–water partition coefficient (Wildman–Crippen LogP) is 10.9. The number of furan rings is 1. The molecule has 0 atom stereocenters. The quantitative estimate of drug-likeness (QED) is 0.124. The van der Waals surface area contributed by atoms with Crippen molar-refractivity contribution >= 4 is 35.2 Å². The van der Waals surface area contributed by atoms with Gasteiger partial charge < -0.3 is 14.4 Å². The largest absolute Gasteiger partial charge is 0.500 e. The van der Waals surface area contributed by atoms with E-state index in [1.54, 1.807) is 18.3 Å². The van der Waals surface area contributed by atoms with Crippen LogP contribution in [0.2, 0.25) is 19.6 Å². The van der Waals surface area contributed by atoms with E-state index in [0.717, 1.165) is 34.4 Å². The third-order valence-electron chi connectivity index (χ3n) is 8.07. The van der Waals surface area contributed by atoms with Crippen LogP contribution in [0, 0.1) is 30.7 Å². The number of hydrogen-bond acceptors (Lipinski definition) is 3.